The van der Waals surface area contributed by atoms with E-state index in [1.807, 2.05) is 11.3 Å². The van der Waals surface area contributed by atoms with Crippen molar-refractivity contribution in [3.8, 4) is 20.9 Å². The molecule has 2 aromatic carbocycles. The summed E-state index contributed by atoms with van der Waals surface area (Å²) in [7, 11) is 0. The average molecular weight is 306 g/mol. The van der Waals surface area contributed by atoms with Crippen molar-refractivity contribution in [2.75, 3.05) is 0 Å². The summed E-state index contributed by atoms with van der Waals surface area (Å²) in [6, 6.07) is 22.2. The second-order valence-electron chi connectivity index (χ2n) is 5.16. The van der Waals surface area contributed by atoms with Gasteiger partial charge in [-0.2, -0.15) is 0 Å². The number of rotatable bonds is 2. The molecular formula is C19H14S2. The van der Waals surface area contributed by atoms with Crippen LogP contribution in [0.25, 0.3) is 31.7 Å². The summed E-state index contributed by atoms with van der Waals surface area (Å²) in [6.45, 7) is 2.16. The third-order valence-electron chi connectivity index (χ3n) is 3.67. The Kier molecular flexibility index (Phi) is 3.13. The number of hydrogen-bond donors (Lipinski definition) is 0. The third kappa shape index (κ3) is 2.41. The van der Waals surface area contributed by atoms with Gasteiger partial charge in [0, 0.05) is 14.6 Å². The van der Waals surface area contributed by atoms with E-state index in [1.165, 1.54) is 36.5 Å². The van der Waals surface area contributed by atoms with Gasteiger partial charge in [0.2, 0.25) is 0 Å². The van der Waals surface area contributed by atoms with Crippen molar-refractivity contribution in [1.82, 2.24) is 0 Å². The molecule has 102 valence electrons. The summed E-state index contributed by atoms with van der Waals surface area (Å²) in [5.41, 5.74) is 2.61. The minimum atomic E-state index is 1.30. The van der Waals surface area contributed by atoms with Gasteiger partial charge in [0.1, 0.15) is 0 Å². The summed E-state index contributed by atoms with van der Waals surface area (Å²) in [5.74, 6) is 0. The van der Waals surface area contributed by atoms with Crippen molar-refractivity contribution in [2.24, 2.45) is 0 Å². The first-order valence-corrected chi connectivity index (χ1v) is 8.64. The van der Waals surface area contributed by atoms with Crippen molar-refractivity contribution in [3.05, 3.63) is 70.9 Å². The number of aryl methyl sites for hydroxylation is 1. The second-order valence-corrected chi connectivity index (χ2v) is 7.40. The second kappa shape index (κ2) is 5.14. The van der Waals surface area contributed by atoms with E-state index in [2.05, 4.69) is 73.0 Å². The van der Waals surface area contributed by atoms with Gasteiger partial charge in [-0.3, -0.25) is 0 Å². The highest BCUT2D eigenvalue weighted by Gasteiger charge is 2.04. The average Bonchev–Trinajstić information content (AvgIpc) is 3.17. The highest BCUT2D eigenvalue weighted by atomic mass is 32.1. The third-order valence-corrected chi connectivity index (χ3v) is 5.64. The molecule has 0 unspecified atom stereocenters. The van der Waals surface area contributed by atoms with E-state index in [4.69, 9.17) is 0 Å². The molecule has 21 heavy (non-hydrogen) atoms. The zero-order valence-electron chi connectivity index (χ0n) is 11.7. The molecule has 0 spiro atoms. The van der Waals surface area contributed by atoms with Crippen LogP contribution in [0.3, 0.4) is 0 Å². The molecule has 0 saturated carbocycles. The molecule has 2 aromatic heterocycles. The normalized spacial score (nSPS) is 11.1. The van der Waals surface area contributed by atoms with Crippen LogP contribution in [0.5, 0.6) is 0 Å². The molecule has 0 aliphatic heterocycles. The summed E-state index contributed by atoms with van der Waals surface area (Å²) < 4.78 is 0. The van der Waals surface area contributed by atoms with E-state index >= 15 is 0 Å². The molecule has 0 amide bonds. The monoisotopic (exact) mass is 306 g/mol. The van der Waals surface area contributed by atoms with E-state index < -0.39 is 0 Å². The van der Waals surface area contributed by atoms with Crippen molar-refractivity contribution in [3.63, 3.8) is 0 Å². The molecule has 2 heterocycles. The molecule has 0 aliphatic carbocycles. The lowest BCUT2D eigenvalue weighted by Crippen LogP contribution is -1.78. The first-order chi connectivity index (χ1) is 10.3. The van der Waals surface area contributed by atoms with E-state index in [9.17, 15) is 0 Å². The van der Waals surface area contributed by atoms with E-state index in [0.29, 0.717) is 0 Å². The molecule has 4 rings (SSSR count). The van der Waals surface area contributed by atoms with Gasteiger partial charge in [0.05, 0.1) is 0 Å². The van der Waals surface area contributed by atoms with Gasteiger partial charge in [-0.25, -0.2) is 0 Å². The van der Waals surface area contributed by atoms with Crippen LogP contribution in [-0.2, 0) is 0 Å². The Bertz CT molecular complexity index is 898. The fourth-order valence-corrected chi connectivity index (χ4v) is 4.17. The molecule has 0 aliphatic rings. The van der Waals surface area contributed by atoms with Gasteiger partial charge in [-0.05, 0) is 64.5 Å². The summed E-state index contributed by atoms with van der Waals surface area (Å²) in [6.07, 6.45) is 0. The van der Waals surface area contributed by atoms with Crippen molar-refractivity contribution in [1.29, 1.82) is 0 Å². The van der Waals surface area contributed by atoms with Gasteiger partial charge in [-0.15, -0.1) is 22.7 Å². The van der Waals surface area contributed by atoms with Gasteiger partial charge < -0.3 is 0 Å². The maximum absolute atomic E-state index is 2.29. The Hall–Kier alpha value is -1.90. The molecule has 0 radical (unpaired) electrons. The lowest BCUT2D eigenvalue weighted by molar-refractivity contribution is 1.64. The van der Waals surface area contributed by atoms with Crippen LogP contribution in [-0.4, -0.2) is 0 Å². The Morgan fingerprint density at radius 2 is 1.43 bits per heavy atom. The maximum Gasteiger partial charge on any atom is 0.0345 e. The van der Waals surface area contributed by atoms with E-state index in [-0.39, 0.29) is 0 Å². The highest BCUT2D eigenvalue weighted by Crippen LogP contribution is 2.32. The van der Waals surface area contributed by atoms with Gasteiger partial charge in [0.25, 0.3) is 0 Å². The van der Waals surface area contributed by atoms with Crippen molar-refractivity contribution < 1.29 is 0 Å². The van der Waals surface area contributed by atoms with Crippen molar-refractivity contribution in [2.45, 2.75) is 6.92 Å². The zero-order chi connectivity index (χ0) is 14.2. The highest BCUT2D eigenvalue weighted by molar-refractivity contribution is 7.15. The Labute approximate surface area is 132 Å². The minimum Gasteiger partial charge on any atom is -0.144 e. The van der Waals surface area contributed by atoms with Crippen LogP contribution in [0.1, 0.15) is 4.88 Å². The first-order valence-electron chi connectivity index (χ1n) is 6.94. The van der Waals surface area contributed by atoms with E-state index in [1.54, 1.807) is 11.3 Å². The Balaban J connectivity index is 1.81. The predicted molar refractivity (Wildman–Crippen MR) is 95.3 cm³/mol. The maximum atomic E-state index is 2.29. The van der Waals surface area contributed by atoms with Gasteiger partial charge in [-0.1, -0.05) is 30.3 Å². The molecule has 4 aromatic rings. The quantitative estimate of drug-likeness (QED) is 0.391. The smallest absolute Gasteiger partial charge is 0.0345 e. The van der Waals surface area contributed by atoms with Crippen LogP contribution < -0.4 is 0 Å². The van der Waals surface area contributed by atoms with Crippen molar-refractivity contribution >= 4 is 33.4 Å². The largest absolute Gasteiger partial charge is 0.144 e. The summed E-state index contributed by atoms with van der Waals surface area (Å²) >= 11 is 3.64. The molecule has 2 heteroatoms. The number of hydrogen-bond acceptors (Lipinski definition) is 2. The molecular weight excluding hydrogens is 292 g/mol. The lowest BCUT2D eigenvalue weighted by atomic mass is 10.0. The van der Waals surface area contributed by atoms with E-state index in [0.717, 1.165) is 0 Å². The first kappa shape index (κ1) is 12.8. The van der Waals surface area contributed by atoms with Crippen LogP contribution in [0.15, 0.2) is 66.0 Å². The minimum absolute atomic E-state index is 1.30. The topological polar surface area (TPSA) is 0 Å². The van der Waals surface area contributed by atoms with Gasteiger partial charge in [0.15, 0.2) is 0 Å². The SMILES string of the molecule is Cc1ccc(-c2ccc3cc(-c4cccs4)ccc3c2)s1. The number of benzene rings is 2. The summed E-state index contributed by atoms with van der Waals surface area (Å²) in [5, 5.41) is 4.73. The molecule has 0 nitrogen and oxygen atoms in total. The van der Waals surface area contributed by atoms with Gasteiger partial charge >= 0.3 is 0 Å². The molecule has 0 fully saturated rings. The fourth-order valence-electron chi connectivity index (χ4n) is 2.58. The lowest BCUT2D eigenvalue weighted by Gasteiger charge is -2.04. The zero-order valence-corrected chi connectivity index (χ0v) is 13.3. The van der Waals surface area contributed by atoms with Crippen LogP contribution in [0, 0.1) is 6.92 Å². The van der Waals surface area contributed by atoms with Crippen LogP contribution >= 0.6 is 22.7 Å². The number of thiophene rings is 2. The fraction of sp³-hybridized carbons (Fsp3) is 0.0526. The number of fused-ring (bicyclic) bond motifs is 1. The molecule has 0 saturated heterocycles. The molecule has 0 atom stereocenters. The standard InChI is InChI=1S/C19H14S2/c1-13-4-9-19(21-13)17-8-6-14-11-16(7-5-15(14)12-17)18-3-2-10-20-18/h2-12H,1H3. The molecule has 0 N–H and O–H groups in total. The molecule has 0 bridgehead atoms. The predicted octanol–water partition coefficient (Wildman–Crippen LogP) is 6.61. The van der Waals surface area contributed by atoms with Crippen LogP contribution in [0.4, 0.5) is 0 Å². The Morgan fingerprint density at radius 3 is 2.00 bits per heavy atom. The van der Waals surface area contributed by atoms with Crippen LogP contribution in [0.2, 0.25) is 0 Å². The Morgan fingerprint density at radius 1 is 0.714 bits per heavy atom. The summed E-state index contributed by atoms with van der Waals surface area (Å²) in [4.78, 5) is 4.03.